The predicted octanol–water partition coefficient (Wildman–Crippen LogP) is 2.39. The molecule has 0 unspecified atom stereocenters. The van der Waals surface area contributed by atoms with Crippen LogP contribution in [0.3, 0.4) is 0 Å². The van der Waals surface area contributed by atoms with E-state index in [1.807, 2.05) is 23.1 Å². The monoisotopic (exact) mass is 284 g/mol. The zero-order valence-corrected chi connectivity index (χ0v) is 12.6. The first kappa shape index (κ1) is 13.9. The molecular formula is C17H20N2O2. The lowest BCUT2D eigenvalue weighted by Gasteiger charge is -2.18. The van der Waals surface area contributed by atoms with Crippen LogP contribution in [0.1, 0.15) is 35.2 Å². The molecule has 1 aromatic carbocycles. The summed E-state index contributed by atoms with van der Waals surface area (Å²) in [5, 5.41) is 0. The van der Waals surface area contributed by atoms with E-state index in [9.17, 15) is 9.59 Å². The number of benzene rings is 1. The zero-order valence-electron chi connectivity index (χ0n) is 12.6. The number of amides is 2. The van der Waals surface area contributed by atoms with Crippen molar-refractivity contribution in [1.82, 2.24) is 4.90 Å². The van der Waals surface area contributed by atoms with Crippen molar-refractivity contribution in [3.8, 4) is 0 Å². The molecule has 0 radical (unpaired) electrons. The number of carbonyl (C=O) groups excluding carboxylic acids is 2. The summed E-state index contributed by atoms with van der Waals surface area (Å²) in [5.41, 5.74) is 3.68. The maximum atomic E-state index is 12.5. The van der Waals surface area contributed by atoms with Crippen LogP contribution in [-0.4, -0.2) is 37.4 Å². The lowest BCUT2D eigenvalue weighted by molar-refractivity contribution is -0.115. The van der Waals surface area contributed by atoms with Gasteiger partial charge in [0.1, 0.15) is 0 Å². The van der Waals surface area contributed by atoms with Crippen LogP contribution in [0.2, 0.25) is 0 Å². The number of hydrogen-bond donors (Lipinski definition) is 0. The summed E-state index contributed by atoms with van der Waals surface area (Å²) < 4.78 is 0. The van der Waals surface area contributed by atoms with Crippen LogP contribution in [0.25, 0.3) is 0 Å². The van der Waals surface area contributed by atoms with Gasteiger partial charge in [0.15, 0.2) is 0 Å². The third kappa shape index (κ3) is 2.46. The molecule has 1 aliphatic heterocycles. The Kier molecular flexibility index (Phi) is 3.53. The van der Waals surface area contributed by atoms with E-state index in [2.05, 4.69) is 6.08 Å². The van der Waals surface area contributed by atoms with Crippen molar-refractivity contribution in [3.63, 3.8) is 0 Å². The van der Waals surface area contributed by atoms with E-state index in [0.717, 1.165) is 42.5 Å². The van der Waals surface area contributed by atoms with Crippen LogP contribution in [0.15, 0.2) is 29.8 Å². The Balaban J connectivity index is 1.86. The molecule has 1 aromatic rings. The topological polar surface area (TPSA) is 40.6 Å². The molecule has 4 nitrogen and oxygen atoms in total. The first-order chi connectivity index (χ1) is 10.1. The van der Waals surface area contributed by atoms with Gasteiger partial charge in [-0.15, -0.1) is 0 Å². The van der Waals surface area contributed by atoms with Crippen LogP contribution < -0.4 is 4.90 Å². The fourth-order valence-electron chi connectivity index (χ4n) is 3.04. The average Bonchev–Trinajstić information content (AvgIpc) is 3.14. The van der Waals surface area contributed by atoms with Gasteiger partial charge < -0.3 is 9.80 Å². The molecule has 0 bridgehead atoms. The van der Waals surface area contributed by atoms with Crippen molar-refractivity contribution in [3.05, 3.63) is 41.0 Å². The van der Waals surface area contributed by atoms with Crippen LogP contribution in [0.5, 0.6) is 0 Å². The number of rotatable bonds is 2. The van der Waals surface area contributed by atoms with Crippen molar-refractivity contribution >= 4 is 17.5 Å². The van der Waals surface area contributed by atoms with E-state index in [4.69, 9.17) is 0 Å². The molecule has 0 saturated carbocycles. The van der Waals surface area contributed by atoms with Gasteiger partial charge in [-0.1, -0.05) is 6.08 Å². The van der Waals surface area contributed by atoms with Gasteiger partial charge in [0, 0.05) is 37.5 Å². The Bertz CT molecular complexity index is 632. The predicted molar refractivity (Wildman–Crippen MR) is 82.5 cm³/mol. The van der Waals surface area contributed by atoms with Gasteiger partial charge in [0.25, 0.3) is 11.8 Å². The number of carbonyl (C=O) groups is 2. The molecule has 3 rings (SSSR count). The maximum Gasteiger partial charge on any atom is 0.253 e. The highest BCUT2D eigenvalue weighted by Gasteiger charge is 2.28. The second-order valence-corrected chi connectivity index (χ2v) is 5.87. The van der Waals surface area contributed by atoms with Gasteiger partial charge in [0.2, 0.25) is 0 Å². The Labute approximate surface area is 125 Å². The van der Waals surface area contributed by atoms with Crippen LogP contribution in [-0.2, 0) is 11.2 Å². The summed E-state index contributed by atoms with van der Waals surface area (Å²) in [6, 6.07) is 5.65. The molecule has 0 aromatic heterocycles. The van der Waals surface area contributed by atoms with Gasteiger partial charge in [-0.05, 0) is 49.4 Å². The summed E-state index contributed by atoms with van der Waals surface area (Å²) in [6.45, 7) is 0.713. The van der Waals surface area contributed by atoms with E-state index < -0.39 is 0 Å². The minimum atomic E-state index is 0.000998. The van der Waals surface area contributed by atoms with Gasteiger partial charge in [-0.25, -0.2) is 0 Å². The Morgan fingerprint density at radius 2 is 2.00 bits per heavy atom. The molecule has 2 amide bonds. The van der Waals surface area contributed by atoms with Crippen LogP contribution in [0, 0.1) is 0 Å². The third-order valence-corrected chi connectivity index (χ3v) is 4.19. The Hall–Kier alpha value is -2.10. The van der Waals surface area contributed by atoms with E-state index in [0.29, 0.717) is 12.1 Å². The normalized spacial score (nSPS) is 16.7. The van der Waals surface area contributed by atoms with E-state index in [-0.39, 0.29) is 11.8 Å². The number of allylic oxidation sites excluding steroid dienone is 1. The first-order valence-corrected chi connectivity index (χ1v) is 7.43. The molecule has 0 atom stereocenters. The molecule has 2 aliphatic rings. The van der Waals surface area contributed by atoms with Crippen molar-refractivity contribution in [2.45, 2.75) is 25.7 Å². The highest BCUT2D eigenvalue weighted by Crippen LogP contribution is 2.32. The lowest BCUT2D eigenvalue weighted by Crippen LogP contribution is -2.29. The number of nitrogens with zero attached hydrogens (tertiary/aromatic N) is 2. The SMILES string of the molecule is CN(C)C(=O)c1ccc2c(c1)CCN2C(=O)C1=CCCC1. The molecule has 0 N–H and O–H groups in total. The van der Waals surface area contributed by atoms with Crippen LogP contribution >= 0.6 is 0 Å². The smallest absolute Gasteiger partial charge is 0.253 e. The van der Waals surface area contributed by atoms with E-state index >= 15 is 0 Å². The highest BCUT2D eigenvalue weighted by atomic mass is 16.2. The third-order valence-electron chi connectivity index (χ3n) is 4.19. The minimum absolute atomic E-state index is 0.000998. The molecule has 21 heavy (non-hydrogen) atoms. The molecule has 0 spiro atoms. The highest BCUT2D eigenvalue weighted by molar-refractivity contribution is 6.07. The van der Waals surface area contributed by atoms with Crippen molar-refractivity contribution in [1.29, 1.82) is 0 Å². The summed E-state index contributed by atoms with van der Waals surface area (Å²) in [5.74, 6) is 0.138. The standard InChI is InChI=1S/C17H20N2O2/c1-18(2)16(20)14-7-8-15-13(11-14)9-10-19(15)17(21)12-5-3-4-6-12/h5,7-8,11H,3-4,6,9-10H2,1-2H3. The Morgan fingerprint density at radius 3 is 2.67 bits per heavy atom. The molecule has 110 valence electrons. The molecule has 1 aliphatic carbocycles. The summed E-state index contributed by atoms with van der Waals surface area (Å²) in [6.07, 6.45) is 5.87. The maximum absolute atomic E-state index is 12.5. The second-order valence-electron chi connectivity index (χ2n) is 5.87. The fourth-order valence-corrected chi connectivity index (χ4v) is 3.04. The molecule has 0 saturated heterocycles. The quantitative estimate of drug-likeness (QED) is 0.836. The van der Waals surface area contributed by atoms with Crippen molar-refractivity contribution in [2.75, 3.05) is 25.5 Å². The van der Waals surface area contributed by atoms with Gasteiger partial charge in [-0.3, -0.25) is 9.59 Å². The fraction of sp³-hybridized carbons (Fsp3) is 0.412. The molecule has 0 fully saturated rings. The van der Waals surface area contributed by atoms with Crippen LogP contribution in [0.4, 0.5) is 5.69 Å². The van der Waals surface area contributed by atoms with E-state index in [1.54, 1.807) is 19.0 Å². The van der Waals surface area contributed by atoms with E-state index in [1.165, 1.54) is 0 Å². The molecular weight excluding hydrogens is 264 g/mol. The number of fused-ring (bicyclic) bond motifs is 1. The number of hydrogen-bond acceptors (Lipinski definition) is 2. The molecule has 4 heteroatoms. The molecule has 1 heterocycles. The minimum Gasteiger partial charge on any atom is -0.345 e. The van der Waals surface area contributed by atoms with Gasteiger partial charge in [0.05, 0.1) is 0 Å². The average molecular weight is 284 g/mol. The van der Waals surface area contributed by atoms with Crippen molar-refractivity contribution < 1.29 is 9.59 Å². The first-order valence-electron chi connectivity index (χ1n) is 7.43. The lowest BCUT2D eigenvalue weighted by atomic mass is 10.1. The second kappa shape index (κ2) is 5.35. The largest absolute Gasteiger partial charge is 0.345 e. The zero-order chi connectivity index (χ0) is 15.0. The number of anilines is 1. The Morgan fingerprint density at radius 1 is 1.19 bits per heavy atom. The summed E-state index contributed by atoms with van der Waals surface area (Å²) in [4.78, 5) is 28.0. The summed E-state index contributed by atoms with van der Waals surface area (Å²) in [7, 11) is 3.50. The summed E-state index contributed by atoms with van der Waals surface area (Å²) >= 11 is 0. The van der Waals surface area contributed by atoms with Gasteiger partial charge >= 0.3 is 0 Å². The van der Waals surface area contributed by atoms with Gasteiger partial charge in [-0.2, -0.15) is 0 Å². The van der Waals surface area contributed by atoms with Crippen molar-refractivity contribution in [2.24, 2.45) is 0 Å².